The molecule has 1 aromatic carbocycles. The van der Waals surface area contributed by atoms with E-state index in [2.05, 4.69) is 4.98 Å². The lowest BCUT2D eigenvalue weighted by molar-refractivity contribution is 0.588. The number of halogens is 1. The Labute approximate surface area is 135 Å². The maximum atomic E-state index is 12.7. The van der Waals surface area contributed by atoms with Gasteiger partial charge < -0.3 is 0 Å². The maximum absolute atomic E-state index is 12.7. The van der Waals surface area contributed by atoms with Crippen LogP contribution in [0.4, 0.5) is 0 Å². The molecular formula is C14H8IN3O2S. The number of hydrogen-bond donors (Lipinski definition) is 0. The minimum atomic E-state index is -3.69. The molecule has 104 valence electrons. The first-order valence-electron chi connectivity index (χ1n) is 5.92. The van der Waals surface area contributed by atoms with E-state index >= 15 is 0 Å². The molecule has 0 N–H and O–H groups in total. The molecule has 0 amide bonds. The molecule has 21 heavy (non-hydrogen) atoms. The van der Waals surface area contributed by atoms with Crippen molar-refractivity contribution in [2.24, 2.45) is 0 Å². The van der Waals surface area contributed by atoms with Crippen LogP contribution >= 0.6 is 22.6 Å². The molecule has 0 aliphatic carbocycles. The van der Waals surface area contributed by atoms with Crippen LogP contribution in [0.5, 0.6) is 0 Å². The van der Waals surface area contributed by atoms with E-state index < -0.39 is 10.0 Å². The van der Waals surface area contributed by atoms with Gasteiger partial charge in [0.2, 0.25) is 0 Å². The zero-order valence-electron chi connectivity index (χ0n) is 10.6. The largest absolute Gasteiger partial charge is 0.269 e. The lowest BCUT2D eigenvalue weighted by Gasteiger charge is -2.08. The summed E-state index contributed by atoms with van der Waals surface area (Å²) in [5.74, 6) is 0. The van der Waals surface area contributed by atoms with Crippen molar-refractivity contribution in [3.8, 4) is 6.07 Å². The zero-order chi connectivity index (χ0) is 15.0. The molecule has 0 atom stereocenters. The normalized spacial score (nSPS) is 11.4. The molecule has 3 aromatic rings. The van der Waals surface area contributed by atoms with Gasteiger partial charge in [0.25, 0.3) is 10.0 Å². The van der Waals surface area contributed by atoms with Crippen molar-refractivity contribution in [3.63, 3.8) is 0 Å². The highest BCUT2D eigenvalue weighted by molar-refractivity contribution is 14.1. The zero-order valence-corrected chi connectivity index (χ0v) is 13.5. The van der Waals surface area contributed by atoms with E-state index in [1.807, 2.05) is 28.7 Å². The number of rotatable bonds is 2. The van der Waals surface area contributed by atoms with E-state index in [-0.39, 0.29) is 10.6 Å². The van der Waals surface area contributed by atoms with Gasteiger partial charge in [-0.2, -0.15) is 5.26 Å². The molecule has 0 bridgehead atoms. The highest BCUT2D eigenvalue weighted by Gasteiger charge is 2.22. The van der Waals surface area contributed by atoms with Gasteiger partial charge in [-0.3, -0.25) is 0 Å². The van der Waals surface area contributed by atoms with E-state index in [0.29, 0.717) is 14.6 Å². The first kappa shape index (κ1) is 14.0. The van der Waals surface area contributed by atoms with Crippen LogP contribution in [0.1, 0.15) is 5.69 Å². The van der Waals surface area contributed by atoms with Gasteiger partial charge in [-0.05, 0) is 46.9 Å². The topological polar surface area (TPSA) is 75.8 Å². The second-order valence-corrected chi connectivity index (χ2v) is 7.18. The van der Waals surface area contributed by atoms with Gasteiger partial charge in [-0.25, -0.2) is 17.4 Å². The molecule has 5 nitrogen and oxygen atoms in total. The van der Waals surface area contributed by atoms with Crippen molar-refractivity contribution >= 4 is 43.5 Å². The molecular weight excluding hydrogens is 401 g/mol. The third-order valence-corrected chi connectivity index (χ3v) is 5.86. The summed E-state index contributed by atoms with van der Waals surface area (Å²) in [5, 5.41) is 9.54. The van der Waals surface area contributed by atoms with Crippen molar-refractivity contribution in [3.05, 3.63) is 58.1 Å². The van der Waals surface area contributed by atoms with Crippen LogP contribution in [0, 0.1) is 15.0 Å². The fourth-order valence-corrected chi connectivity index (χ4v) is 4.83. The number of fused-ring (bicyclic) bond motifs is 1. The van der Waals surface area contributed by atoms with Crippen molar-refractivity contribution in [1.29, 1.82) is 5.26 Å². The fourth-order valence-electron chi connectivity index (χ4n) is 2.05. The van der Waals surface area contributed by atoms with E-state index in [1.165, 1.54) is 10.2 Å². The highest BCUT2D eigenvalue weighted by atomic mass is 127. The monoisotopic (exact) mass is 409 g/mol. The van der Waals surface area contributed by atoms with Crippen LogP contribution in [0.15, 0.2) is 53.6 Å². The van der Waals surface area contributed by atoms with E-state index in [0.717, 1.165) is 0 Å². The Bertz CT molecular complexity index is 973. The molecule has 0 fully saturated rings. The van der Waals surface area contributed by atoms with E-state index in [9.17, 15) is 8.42 Å². The van der Waals surface area contributed by atoms with Gasteiger partial charge in [0.15, 0.2) is 0 Å². The Hall–Kier alpha value is -1.92. The minimum absolute atomic E-state index is 0.213. The van der Waals surface area contributed by atoms with Crippen LogP contribution < -0.4 is 0 Å². The van der Waals surface area contributed by atoms with Gasteiger partial charge in [-0.15, -0.1) is 0 Å². The van der Waals surface area contributed by atoms with Crippen LogP contribution in [0.3, 0.4) is 0 Å². The molecule has 0 spiro atoms. The molecule has 3 rings (SSSR count). The lowest BCUT2D eigenvalue weighted by Crippen LogP contribution is -2.14. The third kappa shape index (κ3) is 2.30. The predicted octanol–water partition coefficient (Wildman–Crippen LogP) is 2.75. The predicted molar refractivity (Wildman–Crippen MR) is 86.2 cm³/mol. The SMILES string of the molecule is N#Cc1cc2cc(I)n(S(=O)(=O)c3ccccc3)c2cn1. The average Bonchev–Trinajstić information content (AvgIpc) is 2.83. The Morgan fingerprint density at radius 1 is 1.19 bits per heavy atom. The Kier molecular flexibility index (Phi) is 3.43. The van der Waals surface area contributed by atoms with Crippen molar-refractivity contribution in [2.45, 2.75) is 4.90 Å². The number of benzene rings is 1. The molecule has 0 saturated heterocycles. The average molecular weight is 409 g/mol. The van der Waals surface area contributed by atoms with E-state index in [4.69, 9.17) is 5.26 Å². The summed E-state index contributed by atoms with van der Waals surface area (Å²) in [6.07, 6.45) is 1.41. The number of pyridine rings is 1. The Morgan fingerprint density at radius 3 is 2.57 bits per heavy atom. The van der Waals surface area contributed by atoms with Gasteiger partial charge >= 0.3 is 0 Å². The molecule has 0 saturated carbocycles. The summed E-state index contributed by atoms with van der Waals surface area (Å²) in [6, 6.07) is 13.5. The molecule has 0 aliphatic rings. The molecule has 0 radical (unpaired) electrons. The third-order valence-electron chi connectivity index (χ3n) is 3.00. The summed E-state index contributed by atoms with van der Waals surface area (Å²) in [4.78, 5) is 4.17. The number of nitrogens with zero attached hydrogens (tertiary/aromatic N) is 3. The second-order valence-electron chi connectivity index (χ2n) is 4.29. The summed E-state index contributed by atoms with van der Waals surface area (Å²) in [5.41, 5.74) is 0.718. The molecule has 0 unspecified atom stereocenters. The van der Waals surface area contributed by atoms with Gasteiger partial charge in [0.1, 0.15) is 11.8 Å². The van der Waals surface area contributed by atoms with Gasteiger partial charge in [0.05, 0.1) is 20.3 Å². The first-order chi connectivity index (χ1) is 10.0. The van der Waals surface area contributed by atoms with Crippen molar-refractivity contribution in [1.82, 2.24) is 8.96 Å². The minimum Gasteiger partial charge on any atom is -0.243 e. The number of hydrogen-bond acceptors (Lipinski definition) is 4. The number of aromatic nitrogens is 2. The maximum Gasteiger partial charge on any atom is 0.269 e. The standard InChI is InChI=1S/C14H8IN3O2S/c15-14-7-10-6-11(8-16)17-9-13(10)18(14)21(19,20)12-4-2-1-3-5-12/h1-7,9H. The van der Waals surface area contributed by atoms with Crippen molar-refractivity contribution in [2.75, 3.05) is 0 Å². The molecule has 7 heteroatoms. The van der Waals surface area contributed by atoms with Crippen molar-refractivity contribution < 1.29 is 8.42 Å². The lowest BCUT2D eigenvalue weighted by atomic mass is 10.3. The number of nitriles is 1. The highest BCUT2D eigenvalue weighted by Crippen LogP contribution is 2.26. The second kappa shape index (κ2) is 5.13. The summed E-state index contributed by atoms with van der Waals surface area (Å²) in [6.45, 7) is 0. The fraction of sp³-hybridized carbons (Fsp3) is 0. The smallest absolute Gasteiger partial charge is 0.243 e. The van der Waals surface area contributed by atoms with E-state index in [1.54, 1.807) is 42.5 Å². The van der Waals surface area contributed by atoms with Crippen LogP contribution in [0.2, 0.25) is 0 Å². The first-order valence-corrected chi connectivity index (χ1v) is 8.43. The molecule has 2 aromatic heterocycles. The summed E-state index contributed by atoms with van der Waals surface area (Å²) < 4.78 is 27.3. The van der Waals surface area contributed by atoms with Gasteiger partial charge in [-0.1, -0.05) is 18.2 Å². The van der Waals surface area contributed by atoms with Crippen LogP contribution in [0.25, 0.3) is 10.9 Å². The molecule has 2 heterocycles. The quantitative estimate of drug-likeness (QED) is 0.610. The van der Waals surface area contributed by atoms with Gasteiger partial charge in [0, 0.05) is 5.39 Å². The summed E-state index contributed by atoms with van der Waals surface area (Å²) in [7, 11) is -3.69. The van der Waals surface area contributed by atoms with Crippen LogP contribution in [-0.2, 0) is 10.0 Å². The Morgan fingerprint density at radius 2 is 1.90 bits per heavy atom. The molecule has 0 aliphatic heterocycles. The Balaban J connectivity index is 2.31. The summed E-state index contributed by atoms with van der Waals surface area (Å²) >= 11 is 1.96. The van der Waals surface area contributed by atoms with Crippen LogP contribution in [-0.4, -0.2) is 17.4 Å².